The molecule has 0 radical (unpaired) electrons. The predicted octanol–water partition coefficient (Wildman–Crippen LogP) is 5.12. The van der Waals surface area contributed by atoms with Crippen LogP contribution in [0.1, 0.15) is 24.1 Å². The zero-order chi connectivity index (χ0) is 25.7. The van der Waals surface area contributed by atoms with Crippen LogP contribution < -0.4 is 5.32 Å². The molecule has 0 aliphatic heterocycles. The lowest BCUT2D eigenvalue weighted by molar-refractivity contribution is -0.141. The molecular formula is C23H15ClF4N6O2. The van der Waals surface area contributed by atoms with Gasteiger partial charge >= 0.3 is 6.18 Å². The van der Waals surface area contributed by atoms with Crippen LogP contribution in [-0.4, -0.2) is 36.6 Å². The minimum atomic E-state index is -4.61. The van der Waals surface area contributed by atoms with Crippen molar-refractivity contribution in [1.29, 1.82) is 0 Å². The third-order valence-electron chi connectivity index (χ3n) is 5.99. The highest BCUT2D eigenvalue weighted by Crippen LogP contribution is 2.50. The van der Waals surface area contributed by atoms with Crippen LogP contribution in [0.2, 0.25) is 5.02 Å². The molecule has 3 N–H and O–H groups in total. The van der Waals surface area contributed by atoms with Crippen LogP contribution >= 0.6 is 11.6 Å². The van der Waals surface area contributed by atoms with Crippen molar-refractivity contribution in [3.05, 3.63) is 70.8 Å². The number of phenols is 1. The Morgan fingerprint density at radius 1 is 1.11 bits per heavy atom. The minimum absolute atomic E-state index is 0.0166. The SMILES string of the molecule is O=C(Nc1cc(-c2nn[nH]n2)c(-c2ccc(C(F)(F)F)nc2)cc1O)C1(c2ccc(F)c(Cl)c2)CC1. The molecule has 0 unspecified atom stereocenters. The number of nitrogens with zero attached hydrogens (tertiary/aromatic N) is 4. The summed E-state index contributed by atoms with van der Waals surface area (Å²) in [6.45, 7) is 0. The molecule has 0 atom stereocenters. The van der Waals surface area contributed by atoms with E-state index < -0.39 is 29.0 Å². The highest BCUT2D eigenvalue weighted by Gasteiger charge is 2.51. The van der Waals surface area contributed by atoms with Crippen LogP contribution in [-0.2, 0) is 16.4 Å². The first-order valence-corrected chi connectivity index (χ1v) is 10.9. The number of amides is 1. The van der Waals surface area contributed by atoms with E-state index in [1.807, 2.05) is 0 Å². The number of alkyl halides is 3. The van der Waals surface area contributed by atoms with Crippen molar-refractivity contribution in [1.82, 2.24) is 25.6 Å². The van der Waals surface area contributed by atoms with E-state index >= 15 is 0 Å². The third kappa shape index (κ3) is 4.24. The van der Waals surface area contributed by atoms with Gasteiger partial charge in [0, 0.05) is 17.3 Å². The largest absolute Gasteiger partial charge is 0.506 e. The fraction of sp³-hybridized carbons (Fsp3) is 0.174. The first-order chi connectivity index (χ1) is 17.1. The van der Waals surface area contributed by atoms with Gasteiger partial charge in [0.25, 0.3) is 0 Å². The van der Waals surface area contributed by atoms with Gasteiger partial charge in [-0.25, -0.2) is 4.39 Å². The summed E-state index contributed by atoms with van der Waals surface area (Å²) in [6, 6.07) is 8.73. The lowest BCUT2D eigenvalue weighted by Crippen LogP contribution is -2.28. The predicted molar refractivity (Wildman–Crippen MR) is 120 cm³/mol. The average molecular weight is 519 g/mol. The van der Waals surface area contributed by atoms with Gasteiger partial charge in [-0.2, -0.15) is 18.4 Å². The number of nitrogens with one attached hydrogen (secondary N) is 2. The van der Waals surface area contributed by atoms with E-state index in [1.165, 1.54) is 36.4 Å². The molecule has 0 spiro atoms. The maximum absolute atomic E-state index is 13.6. The number of tetrazole rings is 1. The van der Waals surface area contributed by atoms with Crippen LogP contribution in [0.3, 0.4) is 0 Å². The molecule has 2 heterocycles. The molecule has 2 aromatic carbocycles. The molecule has 2 aromatic heterocycles. The average Bonchev–Trinajstić information content (AvgIpc) is 3.48. The van der Waals surface area contributed by atoms with E-state index in [-0.39, 0.29) is 39.0 Å². The van der Waals surface area contributed by atoms with Crippen LogP contribution in [0, 0.1) is 5.82 Å². The van der Waals surface area contributed by atoms with Crippen molar-refractivity contribution in [2.24, 2.45) is 0 Å². The first kappa shape index (κ1) is 23.7. The highest BCUT2D eigenvalue weighted by atomic mass is 35.5. The summed E-state index contributed by atoms with van der Waals surface area (Å²) in [5.74, 6) is -1.32. The number of rotatable bonds is 5. The molecule has 4 aromatic rings. The summed E-state index contributed by atoms with van der Waals surface area (Å²) in [6.07, 6.45) is -2.61. The second-order valence-electron chi connectivity index (χ2n) is 8.25. The van der Waals surface area contributed by atoms with Gasteiger partial charge in [0.1, 0.15) is 17.3 Å². The number of halogens is 5. The first-order valence-electron chi connectivity index (χ1n) is 10.5. The number of anilines is 1. The fourth-order valence-electron chi connectivity index (χ4n) is 3.92. The number of hydrogen-bond acceptors (Lipinski definition) is 6. The minimum Gasteiger partial charge on any atom is -0.506 e. The molecule has 8 nitrogen and oxygen atoms in total. The number of carbonyl (C=O) groups excluding carboxylic acids is 1. The Morgan fingerprint density at radius 2 is 1.89 bits per heavy atom. The van der Waals surface area contributed by atoms with Crippen molar-refractivity contribution >= 4 is 23.2 Å². The Kier molecular flexibility index (Phi) is 5.62. The van der Waals surface area contributed by atoms with Gasteiger partial charge in [0.2, 0.25) is 11.7 Å². The number of aromatic amines is 1. The normalized spacial score (nSPS) is 14.5. The zero-order valence-corrected chi connectivity index (χ0v) is 18.8. The van der Waals surface area contributed by atoms with Gasteiger partial charge in [-0.1, -0.05) is 23.7 Å². The molecule has 1 aliphatic carbocycles. The number of aromatic nitrogens is 5. The fourth-order valence-corrected chi connectivity index (χ4v) is 4.10. The van der Waals surface area contributed by atoms with Crippen molar-refractivity contribution in [2.45, 2.75) is 24.4 Å². The van der Waals surface area contributed by atoms with Crippen molar-refractivity contribution < 1.29 is 27.5 Å². The standard InChI is InChI=1S/C23H15ClF4N6O2/c24-15-7-12(2-3-16(15)25)22(5-6-22)21(36)30-17-8-14(20-31-33-34-32-20)13(9-18(17)35)11-1-4-19(29-10-11)23(26,27)28/h1-4,7-10,35H,5-6H2,(H,30,36)(H,31,32,33,34). The van der Waals surface area contributed by atoms with Gasteiger partial charge in [0.05, 0.1) is 16.1 Å². The number of benzene rings is 2. The van der Waals surface area contributed by atoms with Gasteiger partial charge in [-0.05, 0) is 59.5 Å². The number of aromatic hydroxyl groups is 1. The number of carbonyl (C=O) groups is 1. The molecule has 13 heteroatoms. The van der Waals surface area contributed by atoms with E-state index in [2.05, 4.69) is 30.9 Å². The topological polar surface area (TPSA) is 117 Å². The van der Waals surface area contributed by atoms with E-state index in [0.717, 1.165) is 12.3 Å². The molecule has 5 rings (SSSR count). The summed E-state index contributed by atoms with van der Waals surface area (Å²) in [5.41, 5.74) is -0.675. The number of hydrogen-bond donors (Lipinski definition) is 3. The van der Waals surface area contributed by atoms with Crippen molar-refractivity contribution in [2.75, 3.05) is 5.32 Å². The van der Waals surface area contributed by atoms with Gasteiger partial charge in [-0.3, -0.25) is 9.78 Å². The van der Waals surface area contributed by atoms with E-state index in [4.69, 9.17) is 11.6 Å². The maximum atomic E-state index is 13.6. The molecule has 1 aliphatic rings. The molecule has 1 saturated carbocycles. The Morgan fingerprint density at radius 3 is 2.47 bits per heavy atom. The number of pyridine rings is 1. The van der Waals surface area contributed by atoms with Gasteiger partial charge in [0.15, 0.2) is 0 Å². The lowest BCUT2D eigenvalue weighted by Gasteiger charge is -2.18. The molecule has 1 amide bonds. The summed E-state index contributed by atoms with van der Waals surface area (Å²) >= 11 is 5.89. The molecule has 0 saturated heterocycles. The number of H-pyrrole nitrogens is 1. The molecular weight excluding hydrogens is 504 g/mol. The van der Waals surface area contributed by atoms with Gasteiger partial charge in [-0.15, -0.1) is 10.2 Å². The summed E-state index contributed by atoms with van der Waals surface area (Å²) in [7, 11) is 0. The summed E-state index contributed by atoms with van der Waals surface area (Å²) in [4.78, 5) is 16.7. The van der Waals surface area contributed by atoms with Crippen LogP contribution in [0.25, 0.3) is 22.5 Å². The number of phenolic OH excluding ortho intramolecular Hbond substituents is 1. The zero-order valence-electron chi connectivity index (χ0n) is 18.1. The van der Waals surface area contributed by atoms with E-state index in [1.54, 1.807) is 0 Å². The Labute approximate surface area is 205 Å². The highest BCUT2D eigenvalue weighted by molar-refractivity contribution is 6.30. The van der Waals surface area contributed by atoms with Crippen LogP contribution in [0.4, 0.5) is 23.2 Å². The summed E-state index contributed by atoms with van der Waals surface area (Å²) in [5, 5.41) is 26.9. The van der Waals surface area contributed by atoms with Crippen LogP contribution in [0.5, 0.6) is 5.75 Å². The Hall–Kier alpha value is -4.06. The Bertz CT molecular complexity index is 1450. The third-order valence-corrected chi connectivity index (χ3v) is 6.28. The molecule has 36 heavy (non-hydrogen) atoms. The van der Waals surface area contributed by atoms with Crippen molar-refractivity contribution in [3.63, 3.8) is 0 Å². The van der Waals surface area contributed by atoms with Crippen molar-refractivity contribution in [3.8, 4) is 28.3 Å². The summed E-state index contributed by atoms with van der Waals surface area (Å²) < 4.78 is 52.4. The quantitative estimate of drug-likeness (QED) is 0.249. The lowest BCUT2D eigenvalue weighted by atomic mass is 9.94. The van der Waals surface area contributed by atoms with E-state index in [0.29, 0.717) is 18.4 Å². The van der Waals surface area contributed by atoms with Crippen LogP contribution in [0.15, 0.2) is 48.7 Å². The van der Waals surface area contributed by atoms with Gasteiger partial charge < -0.3 is 10.4 Å². The Balaban J connectivity index is 1.51. The second-order valence-corrected chi connectivity index (χ2v) is 8.65. The molecule has 184 valence electrons. The molecule has 0 bridgehead atoms. The molecule has 1 fully saturated rings. The maximum Gasteiger partial charge on any atom is 0.433 e. The smallest absolute Gasteiger partial charge is 0.433 e. The monoisotopic (exact) mass is 518 g/mol. The van der Waals surface area contributed by atoms with E-state index in [9.17, 15) is 27.5 Å². The second kappa shape index (κ2) is 8.55.